The van der Waals surface area contributed by atoms with Gasteiger partial charge in [0.1, 0.15) is 0 Å². The Balaban J connectivity index is 2.10. The molecule has 1 heterocycles. The van der Waals surface area contributed by atoms with Crippen LogP contribution in [0.3, 0.4) is 0 Å². The van der Waals surface area contributed by atoms with Crippen molar-refractivity contribution in [1.82, 2.24) is 0 Å². The lowest BCUT2D eigenvalue weighted by atomic mass is 9.53. The number of aliphatic carboxylic acids is 1. The Bertz CT molecular complexity index is 261. The van der Waals surface area contributed by atoms with Gasteiger partial charge in [-0.2, -0.15) is 11.8 Å². The lowest BCUT2D eigenvalue weighted by Crippen LogP contribution is -2.58. The highest BCUT2D eigenvalue weighted by atomic mass is 32.2. The van der Waals surface area contributed by atoms with Crippen LogP contribution in [0, 0.1) is 11.3 Å². The van der Waals surface area contributed by atoms with Gasteiger partial charge in [0, 0.05) is 0 Å². The zero-order valence-electron chi connectivity index (χ0n) is 9.03. The van der Waals surface area contributed by atoms with Crippen LogP contribution in [-0.4, -0.2) is 33.3 Å². The molecule has 0 atom stereocenters. The van der Waals surface area contributed by atoms with Gasteiger partial charge in [-0.15, -0.1) is 0 Å². The summed E-state index contributed by atoms with van der Waals surface area (Å²) in [4.78, 5) is 11.4. The van der Waals surface area contributed by atoms with Crippen molar-refractivity contribution in [3.8, 4) is 0 Å². The maximum Gasteiger partial charge on any atom is 0.310 e. The van der Waals surface area contributed by atoms with Crippen LogP contribution < -0.4 is 0 Å². The Morgan fingerprint density at radius 2 is 1.87 bits per heavy atom. The maximum atomic E-state index is 11.4. The smallest absolute Gasteiger partial charge is 0.310 e. The first-order valence-electron chi connectivity index (χ1n) is 5.50. The zero-order valence-corrected chi connectivity index (χ0v) is 9.85. The van der Waals surface area contributed by atoms with Crippen molar-refractivity contribution < 1.29 is 15.0 Å². The molecule has 0 spiro atoms. The number of carboxylic acids is 1. The molecule has 0 bridgehead atoms. The summed E-state index contributed by atoms with van der Waals surface area (Å²) in [5, 5.41) is 19.1. The van der Waals surface area contributed by atoms with E-state index < -0.39 is 17.0 Å². The van der Waals surface area contributed by atoms with E-state index in [4.69, 9.17) is 0 Å². The minimum atomic E-state index is -0.747. The van der Waals surface area contributed by atoms with Gasteiger partial charge in [-0.05, 0) is 50.0 Å². The molecule has 0 aromatic heterocycles. The third kappa shape index (κ3) is 1.89. The zero-order chi connectivity index (χ0) is 11.1. The normalized spacial score (nSPS) is 42.3. The second kappa shape index (κ2) is 3.67. The molecule has 1 aliphatic carbocycles. The Morgan fingerprint density at radius 1 is 1.33 bits per heavy atom. The average molecular weight is 230 g/mol. The average Bonchev–Trinajstić information content (AvgIpc) is 2.14. The summed E-state index contributed by atoms with van der Waals surface area (Å²) in [5.41, 5.74) is -1.37. The van der Waals surface area contributed by atoms with Gasteiger partial charge in [-0.3, -0.25) is 4.79 Å². The molecule has 86 valence electrons. The Kier molecular flexibility index (Phi) is 2.75. The van der Waals surface area contributed by atoms with Crippen molar-refractivity contribution in [2.75, 3.05) is 11.5 Å². The number of thioether (sulfide) groups is 1. The largest absolute Gasteiger partial charge is 0.481 e. The summed E-state index contributed by atoms with van der Waals surface area (Å²) in [7, 11) is 0. The molecule has 0 amide bonds. The fourth-order valence-corrected chi connectivity index (χ4v) is 4.28. The van der Waals surface area contributed by atoms with E-state index in [1.54, 1.807) is 6.92 Å². The molecule has 4 heteroatoms. The molecule has 1 aliphatic heterocycles. The first-order valence-corrected chi connectivity index (χ1v) is 6.65. The van der Waals surface area contributed by atoms with E-state index in [-0.39, 0.29) is 5.92 Å². The molecule has 2 aliphatic rings. The van der Waals surface area contributed by atoms with Gasteiger partial charge in [-0.1, -0.05) is 0 Å². The predicted octanol–water partition coefficient (Wildman–Crippen LogP) is 1.75. The Labute approximate surface area is 94.3 Å². The number of hydrogen-bond acceptors (Lipinski definition) is 3. The number of carbonyl (C=O) groups is 1. The molecular formula is C11H18O3S. The van der Waals surface area contributed by atoms with E-state index in [2.05, 4.69) is 0 Å². The standard InChI is InChI=1S/C11H18O3S/c1-10(14)6-11(7-10,9(12)13)8-2-4-15-5-3-8/h8,14H,2-7H2,1H3,(H,12,13). The van der Waals surface area contributed by atoms with Crippen LogP contribution in [0.15, 0.2) is 0 Å². The van der Waals surface area contributed by atoms with Crippen LogP contribution in [0.25, 0.3) is 0 Å². The molecule has 0 radical (unpaired) electrons. The van der Waals surface area contributed by atoms with E-state index in [1.165, 1.54) is 0 Å². The molecule has 0 aromatic rings. The van der Waals surface area contributed by atoms with E-state index in [0.29, 0.717) is 12.8 Å². The molecule has 2 rings (SSSR count). The van der Waals surface area contributed by atoms with Gasteiger partial charge in [-0.25, -0.2) is 0 Å². The van der Waals surface area contributed by atoms with Crippen LogP contribution >= 0.6 is 11.8 Å². The topological polar surface area (TPSA) is 57.5 Å². The van der Waals surface area contributed by atoms with Gasteiger partial charge >= 0.3 is 5.97 Å². The molecule has 3 nitrogen and oxygen atoms in total. The third-order valence-electron chi connectivity index (χ3n) is 3.82. The molecule has 2 fully saturated rings. The molecule has 2 N–H and O–H groups in total. The molecule has 0 unspecified atom stereocenters. The lowest BCUT2D eigenvalue weighted by Gasteiger charge is -2.53. The Morgan fingerprint density at radius 3 is 2.27 bits per heavy atom. The summed E-state index contributed by atoms with van der Waals surface area (Å²) in [6.07, 6.45) is 2.86. The van der Waals surface area contributed by atoms with E-state index in [0.717, 1.165) is 24.3 Å². The monoisotopic (exact) mass is 230 g/mol. The first kappa shape index (κ1) is 11.3. The maximum absolute atomic E-state index is 11.4. The second-order valence-corrected chi connectivity index (χ2v) is 6.42. The van der Waals surface area contributed by atoms with Crippen molar-refractivity contribution >= 4 is 17.7 Å². The van der Waals surface area contributed by atoms with Crippen molar-refractivity contribution in [2.24, 2.45) is 11.3 Å². The predicted molar refractivity (Wildman–Crippen MR) is 60.0 cm³/mol. The van der Waals surface area contributed by atoms with Gasteiger partial charge in [0.15, 0.2) is 0 Å². The fourth-order valence-electron chi connectivity index (χ4n) is 3.17. The highest BCUT2D eigenvalue weighted by molar-refractivity contribution is 7.99. The number of hydrogen-bond donors (Lipinski definition) is 2. The summed E-state index contributed by atoms with van der Waals surface area (Å²) < 4.78 is 0. The highest BCUT2D eigenvalue weighted by Gasteiger charge is 2.59. The van der Waals surface area contributed by atoms with E-state index in [1.807, 2.05) is 11.8 Å². The molecule has 15 heavy (non-hydrogen) atoms. The first-order chi connectivity index (χ1) is 6.96. The Hall–Kier alpha value is -0.220. The van der Waals surface area contributed by atoms with Gasteiger partial charge < -0.3 is 10.2 Å². The minimum absolute atomic E-state index is 0.275. The quantitative estimate of drug-likeness (QED) is 0.758. The van der Waals surface area contributed by atoms with E-state index in [9.17, 15) is 15.0 Å². The third-order valence-corrected chi connectivity index (χ3v) is 4.87. The van der Waals surface area contributed by atoms with Crippen LogP contribution in [0.4, 0.5) is 0 Å². The van der Waals surface area contributed by atoms with Crippen LogP contribution in [0.5, 0.6) is 0 Å². The number of carboxylic acid groups (broad SMARTS) is 1. The van der Waals surface area contributed by atoms with Crippen LogP contribution in [0.2, 0.25) is 0 Å². The van der Waals surface area contributed by atoms with Gasteiger partial charge in [0.25, 0.3) is 0 Å². The summed E-state index contributed by atoms with van der Waals surface area (Å²) in [6.45, 7) is 1.74. The fraction of sp³-hybridized carbons (Fsp3) is 0.909. The van der Waals surface area contributed by atoms with E-state index >= 15 is 0 Å². The minimum Gasteiger partial charge on any atom is -0.481 e. The molecule has 0 aromatic carbocycles. The summed E-state index contributed by atoms with van der Waals surface area (Å²) in [5.74, 6) is 1.71. The number of aliphatic hydroxyl groups is 1. The summed E-state index contributed by atoms with van der Waals surface area (Å²) >= 11 is 1.91. The summed E-state index contributed by atoms with van der Waals surface area (Å²) in [6, 6.07) is 0. The van der Waals surface area contributed by atoms with Crippen molar-refractivity contribution in [1.29, 1.82) is 0 Å². The number of rotatable bonds is 2. The highest BCUT2D eigenvalue weighted by Crippen LogP contribution is 2.56. The van der Waals surface area contributed by atoms with Gasteiger partial charge in [0.05, 0.1) is 11.0 Å². The van der Waals surface area contributed by atoms with Crippen molar-refractivity contribution in [3.63, 3.8) is 0 Å². The lowest BCUT2D eigenvalue weighted by molar-refractivity contribution is -0.189. The molecular weight excluding hydrogens is 212 g/mol. The van der Waals surface area contributed by atoms with Crippen LogP contribution in [-0.2, 0) is 4.79 Å². The van der Waals surface area contributed by atoms with Gasteiger partial charge in [0.2, 0.25) is 0 Å². The second-order valence-electron chi connectivity index (χ2n) is 5.20. The van der Waals surface area contributed by atoms with Crippen molar-refractivity contribution in [2.45, 2.75) is 38.2 Å². The van der Waals surface area contributed by atoms with Crippen LogP contribution in [0.1, 0.15) is 32.6 Å². The molecule has 1 saturated carbocycles. The molecule has 1 saturated heterocycles. The SMILES string of the molecule is CC1(O)CC(C(=O)O)(C2CCSCC2)C1. The van der Waals surface area contributed by atoms with Crippen molar-refractivity contribution in [3.05, 3.63) is 0 Å².